The second-order valence-electron chi connectivity index (χ2n) is 5.96. The fourth-order valence-electron chi connectivity index (χ4n) is 2.10. The first-order valence-corrected chi connectivity index (χ1v) is 8.47. The second kappa shape index (κ2) is 14.8. The van der Waals surface area contributed by atoms with Gasteiger partial charge < -0.3 is 9.64 Å². The molecular weight excluding hydrogens is 250 g/mol. The number of carbonyl (C=O) groups is 1. The molecule has 3 heteroatoms. The predicted molar refractivity (Wildman–Crippen MR) is 86.0 cm³/mol. The fourth-order valence-corrected chi connectivity index (χ4v) is 2.10. The van der Waals surface area contributed by atoms with Crippen LogP contribution in [0.1, 0.15) is 77.6 Å². The van der Waals surface area contributed by atoms with E-state index in [1.165, 1.54) is 70.8 Å². The Kier molecular flexibility index (Phi) is 14.4. The maximum Gasteiger partial charge on any atom is 0.309 e. The van der Waals surface area contributed by atoms with Gasteiger partial charge in [0.25, 0.3) is 0 Å². The molecule has 0 N–H and O–H groups in total. The van der Waals surface area contributed by atoms with E-state index in [1.54, 1.807) is 0 Å². The van der Waals surface area contributed by atoms with Gasteiger partial charge in [0.2, 0.25) is 0 Å². The highest BCUT2D eigenvalue weighted by Gasteiger charge is 2.10. The zero-order valence-electron chi connectivity index (χ0n) is 14.0. The Morgan fingerprint density at radius 2 is 1.30 bits per heavy atom. The van der Waals surface area contributed by atoms with Crippen LogP contribution in [0.4, 0.5) is 0 Å². The molecule has 0 aromatic carbocycles. The maximum atomic E-state index is 9.68. The molecule has 1 aliphatic rings. The molecule has 1 aliphatic heterocycles. The molecule has 120 valence electrons. The first-order chi connectivity index (χ1) is 9.66. The van der Waals surface area contributed by atoms with Crippen LogP contribution in [0.15, 0.2) is 0 Å². The lowest BCUT2D eigenvalue weighted by atomic mass is 10.1. The monoisotopic (exact) mass is 285 g/mol. The van der Waals surface area contributed by atoms with E-state index in [4.69, 9.17) is 0 Å². The summed E-state index contributed by atoms with van der Waals surface area (Å²) < 4.78 is 4.29. The number of unbranched alkanes of at least 4 members (excludes halogenated alkanes) is 9. The molecule has 0 aromatic rings. The lowest BCUT2D eigenvalue weighted by Gasteiger charge is -2.09. The molecule has 0 radical (unpaired) electrons. The Morgan fingerprint density at radius 3 is 1.60 bits per heavy atom. The van der Waals surface area contributed by atoms with E-state index >= 15 is 0 Å². The molecular formula is C17H35NO2. The number of carbonyl (C=O) groups excluding carboxylic acids is 1. The number of esters is 1. The van der Waals surface area contributed by atoms with Crippen molar-refractivity contribution in [3.05, 3.63) is 0 Å². The molecule has 0 spiro atoms. The van der Waals surface area contributed by atoms with Crippen LogP contribution in [0.5, 0.6) is 0 Å². The van der Waals surface area contributed by atoms with E-state index in [0.717, 1.165) is 0 Å². The number of rotatable bonds is 11. The quantitative estimate of drug-likeness (QED) is 0.416. The van der Waals surface area contributed by atoms with Gasteiger partial charge in [0.05, 0.1) is 6.42 Å². The van der Waals surface area contributed by atoms with E-state index in [-0.39, 0.29) is 5.97 Å². The Balaban J connectivity index is 0.000000595. The van der Waals surface area contributed by atoms with Crippen LogP contribution < -0.4 is 0 Å². The van der Waals surface area contributed by atoms with Crippen LogP contribution in [0.3, 0.4) is 0 Å². The van der Waals surface area contributed by atoms with Crippen molar-refractivity contribution >= 4 is 5.97 Å². The van der Waals surface area contributed by atoms with Crippen LogP contribution in [0.2, 0.25) is 0 Å². The Labute approximate surface area is 126 Å². The third kappa shape index (κ3) is 15.5. The summed E-state index contributed by atoms with van der Waals surface area (Å²) in [6.07, 6.45) is 15.0. The number of nitrogens with zero attached hydrogens (tertiary/aromatic N) is 1. The van der Waals surface area contributed by atoms with Gasteiger partial charge in [-0.15, -0.1) is 0 Å². The van der Waals surface area contributed by atoms with Crippen molar-refractivity contribution < 1.29 is 9.53 Å². The predicted octanol–water partition coefficient (Wildman–Crippen LogP) is 4.40. The van der Waals surface area contributed by atoms with Crippen LogP contribution in [-0.4, -0.2) is 38.1 Å². The van der Waals surface area contributed by atoms with E-state index < -0.39 is 0 Å². The molecule has 0 amide bonds. The molecule has 1 saturated heterocycles. The molecule has 0 unspecified atom stereocenters. The molecule has 1 fully saturated rings. The normalized spacial score (nSPS) is 13.5. The number of hydrogen-bond donors (Lipinski definition) is 0. The number of ether oxygens (including phenoxy) is 1. The first-order valence-electron chi connectivity index (χ1n) is 8.47. The summed E-state index contributed by atoms with van der Waals surface area (Å²) in [6.45, 7) is 4.18. The van der Waals surface area contributed by atoms with E-state index in [9.17, 15) is 4.79 Å². The number of hydrogen-bond acceptors (Lipinski definition) is 3. The van der Waals surface area contributed by atoms with Crippen LogP contribution in [0.25, 0.3) is 0 Å². The van der Waals surface area contributed by atoms with Gasteiger partial charge in [0, 0.05) is 0 Å². The molecule has 0 saturated carbocycles. The highest BCUT2D eigenvalue weighted by atomic mass is 16.6. The molecule has 0 bridgehead atoms. The standard InChI is InChI=1S/C14H31N.C3H4O2/c1-4-5-6-7-8-9-10-11-12-13-14-15(2)3;4-3-1-2-5-3/h4-14H2,1-3H3;1-2H2. The Bertz CT molecular complexity index is 211. The summed E-state index contributed by atoms with van der Waals surface area (Å²) in [7, 11) is 4.32. The SMILES string of the molecule is CCCCCCCCCCCCN(C)C.O=C1CCO1. The van der Waals surface area contributed by atoms with Gasteiger partial charge in [-0.3, -0.25) is 4.79 Å². The average molecular weight is 285 g/mol. The minimum Gasteiger partial charge on any atom is -0.465 e. The maximum absolute atomic E-state index is 9.68. The average Bonchev–Trinajstić information content (AvgIpc) is 2.39. The summed E-state index contributed by atoms with van der Waals surface area (Å²) in [5.74, 6) is -0.0648. The van der Waals surface area contributed by atoms with E-state index in [1.807, 2.05) is 0 Å². The summed E-state index contributed by atoms with van der Waals surface area (Å²) in [4.78, 5) is 12.0. The highest BCUT2D eigenvalue weighted by Crippen LogP contribution is 2.10. The van der Waals surface area contributed by atoms with Crippen LogP contribution in [-0.2, 0) is 9.53 Å². The molecule has 0 aliphatic carbocycles. The lowest BCUT2D eigenvalue weighted by Crippen LogP contribution is -2.18. The van der Waals surface area contributed by atoms with Gasteiger partial charge in [-0.2, -0.15) is 0 Å². The summed E-state index contributed by atoms with van der Waals surface area (Å²) in [5, 5.41) is 0. The molecule has 20 heavy (non-hydrogen) atoms. The molecule has 1 heterocycles. The van der Waals surface area contributed by atoms with Gasteiger partial charge in [-0.1, -0.05) is 64.7 Å². The third-order valence-corrected chi connectivity index (χ3v) is 3.53. The van der Waals surface area contributed by atoms with Crippen molar-refractivity contribution in [1.29, 1.82) is 0 Å². The van der Waals surface area contributed by atoms with Gasteiger partial charge >= 0.3 is 5.97 Å². The van der Waals surface area contributed by atoms with Crippen molar-refractivity contribution in [2.24, 2.45) is 0 Å². The lowest BCUT2D eigenvalue weighted by molar-refractivity contribution is -0.157. The van der Waals surface area contributed by atoms with Crippen molar-refractivity contribution in [3.8, 4) is 0 Å². The Hall–Kier alpha value is -0.570. The van der Waals surface area contributed by atoms with Gasteiger partial charge in [-0.25, -0.2) is 0 Å². The Morgan fingerprint density at radius 1 is 0.900 bits per heavy atom. The van der Waals surface area contributed by atoms with Gasteiger partial charge in [0.15, 0.2) is 0 Å². The van der Waals surface area contributed by atoms with Crippen molar-refractivity contribution in [2.45, 2.75) is 77.6 Å². The first kappa shape index (κ1) is 19.4. The minimum atomic E-state index is -0.0648. The largest absolute Gasteiger partial charge is 0.465 e. The third-order valence-electron chi connectivity index (χ3n) is 3.53. The zero-order chi connectivity index (χ0) is 15.1. The minimum absolute atomic E-state index is 0.0648. The molecule has 1 rings (SSSR count). The smallest absolute Gasteiger partial charge is 0.309 e. The topological polar surface area (TPSA) is 29.5 Å². The van der Waals surface area contributed by atoms with Crippen molar-refractivity contribution in [2.75, 3.05) is 27.2 Å². The summed E-state index contributed by atoms with van der Waals surface area (Å²) in [5.41, 5.74) is 0. The van der Waals surface area contributed by atoms with E-state index in [2.05, 4.69) is 30.7 Å². The van der Waals surface area contributed by atoms with Crippen LogP contribution >= 0.6 is 0 Å². The number of cyclic esters (lactones) is 1. The fraction of sp³-hybridized carbons (Fsp3) is 0.941. The van der Waals surface area contributed by atoms with E-state index in [0.29, 0.717) is 13.0 Å². The molecule has 3 nitrogen and oxygen atoms in total. The van der Waals surface area contributed by atoms with Crippen molar-refractivity contribution in [1.82, 2.24) is 4.90 Å². The molecule has 0 aromatic heterocycles. The zero-order valence-corrected chi connectivity index (χ0v) is 14.0. The van der Waals surface area contributed by atoms with Gasteiger partial charge in [-0.05, 0) is 27.1 Å². The van der Waals surface area contributed by atoms with Crippen molar-refractivity contribution in [3.63, 3.8) is 0 Å². The van der Waals surface area contributed by atoms with Crippen LogP contribution in [0, 0.1) is 0 Å². The second-order valence-corrected chi connectivity index (χ2v) is 5.96. The van der Waals surface area contributed by atoms with Gasteiger partial charge in [0.1, 0.15) is 6.61 Å². The summed E-state index contributed by atoms with van der Waals surface area (Å²) in [6, 6.07) is 0. The summed E-state index contributed by atoms with van der Waals surface area (Å²) >= 11 is 0. The molecule has 0 atom stereocenters. The highest BCUT2D eigenvalue weighted by molar-refractivity contribution is 5.73.